The van der Waals surface area contributed by atoms with Crippen LogP contribution >= 0.6 is 15.9 Å². The zero-order chi connectivity index (χ0) is 7.40. The van der Waals surface area contributed by atoms with Gasteiger partial charge in [0.25, 0.3) is 0 Å². The summed E-state index contributed by atoms with van der Waals surface area (Å²) in [4.78, 5) is 0. The number of nitrogens with one attached hydrogen (secondary N) is 1. The van der Waals surface area contributed by atoms with Crippen LogP contribution in [-0.2, 0) is 0 Å². The molecule has 10 heavy (non-hydrogen) atoms. The number of benzene rings is 1. The van der Waals surface area contributed by atoms with Crippen LogP contribution in [0, 0.1) is 11.5 Å². The summed E-state index contributed by atoms with van der Waals surface area (Å²) in [5, 5.41) is 10.8. The van der Waals surface area contributed by atoms with Gasteiger partial charge < -0.3 is 0 Å². The van der Waals surface area contributed by atoms with Crippen molar-refractivity contribution >= 4 is 21.6 Å². The Morgan fingerprint density at radius 2 is 2.10 bits per heavy atom. The highest BCUT2D eigenvalue weighted by molar-refractivity contribution is 9.10. The minimum atomic E-state index is 0.796. The number of para-hydroxylation sites is 1. The molecule has 0 bridgehead atoms. The van der Waals surface area contributed by atoms with Gasteiger partial charge in [0, 0.05) is 4.47 Å². The minimum absolute atomic E-state index is 0.796. The van der Waals surface area contributed by atoms with Crippen LogP contribution in [0.5, 0.6) is 0 Å². The second-order valence-electron chi connectivity index (χ2n) is 1.72. The first-order chi connectivity index (χ1) is 4.84. The first-order valence-electron chi connectivity index (χ1n) is 2.74. The Morgan fingerprint density at radius 3 is 2.70 bits per heavy atom. The summed E-state index contributed by atoms with van der Waals surface area (Å²) in [6.45, 7) is 0. The average molecular weight is 197 g/mol. The highest BCUT2D eigenvalue weighted by atomic mass is 79.9. The van der Waals surface area contributed by atoms with E-state index in [0.717, 1.165) is 10.2 Å². The van der Waals surface area contributed by atoms with Gasteiger partial charge in [-0.3, -0.25) is 5.32 Å². The zero-order valence-corrected chi connectivity index (χ0v) is 6.72. The molecule has 0 radical (unpaired) electrons. The lowest BCUT2D eigenvalue weighted by Gasteiger charge is -1.97. The SMILES string of the molecule is N#CNc1ccccc1Br. The largest absolute Gasteiger partial charge is 0.292 e. The van der Waals surface area contributed by atoms with E-state index in [1.54, 1.807) is 0 Å². The molecule has 1 rings (SSSR count). The van der Waals surface area contributed by atoms with E-state index >= 15 is 0 Å². The number of anilines is 1. The molecule has 0 atom stereocenters. The lowest BCUT2D eigenvalue weighted by atomic mass is 10.3. The van der Waals surface area contributed by atoms with Crippen molar-refractivity contribution in [2.24, 2.45) is 0 Å². The molecule has 0 unspecified atom stereocenters. The van der Waals surface area contributed by atoms with Gasteiger partial charge in [0.15, 0.2) is 6.19 Å². The molecule has 1 aromatic rings. The van der Waals surface area contributed by atoms with Crippen molar-refractivity contribution in [3.05, 3.63) is 28.7 Å². The van der Waals surface area contributed by atoms with Gasteiger partial charge in [-0.05, 0) is 28.1 Å². The van der Waals surface area contributed by atoms with E-state index in [0.29, 0.717) is 0 Å². The number of nitrogens with zero attached hydrogens (tertiary/aromatic N) is 1. The van der Waals surface area contributed by atoms with Gasteiger partial charge in [-0.25, -0.2) is 0 Å². The Kier molecular flexibility index (Phi) is 2.30. The monoisotopic (exact) mass is 196 g/mol. The fraction of sp³-hybridized carbons (Fsp3) is 0. The van der Waals surface area contributed by atoms with Crippen molar-refractivity contribution in [1.29, 1.82) is 5.26 Å². The van der Waals surface area contributed by atoms with E-state index in [9.17, 15) is 0 Å². The van der Waals surface area contributed by atoms with Crippen molar-refractivity contribution in [3.8, 4) is 6.19 Å². The maximum absolute atomic E-state index is 8.26. The van der Waals surface area contributed by atoms with Gasteiger partial charge in [-0.15, -0.1) is 0 Å². The molecule has 0 saturated carbocycles. The highest BCUT2D eigenvalue weighted by Crippen LogP contribution is 2.20. The lowest BCUT2D eigenvalue weighted by Crippen LogP contribution is -1.86. The van der Waals surface area contributed by atoms with Crippen molar-refractivity contribution in [1.82, 2.24) is 0 Å². The second-order valence-corrected chi connectivity index (χ2v) is 2.57. The molecule has 0 saturated heterocycles. The van der Waals surface area contributed by atoms with Crippen LogP contribution in [0.3, 0.4) is 0 Å². The number of hydrogen-bond donors (Lipinski definition) is 1. The first-order valence-corrected chi connectivity index (χ1v) is 3.53. The predicted octanol–water partition coefficient (Wildman–Crippen LogP) is 2.34. The maximum atomic E-state index is 8.26. The second kappa shape index (κ2) is 3.23. The quantitative estimate of drug-likeness (QED) is 0.553. The predicted molar refractivity (Wildman–Crippen MR) is 43.4 cm³/mol. The van der Waals surface area contributed by atoms with E-state index in [2.05, 4.69) is 21.2 Å². The van der Waals surface area contributed by atoms with Gasteiger partial charge in [0.1, 0.15) is 0 Å². The molecule has 0 amide bonds. The fourth-order valence-electron chi connectivity index (χ4n) is 0.623. The maximum Gasteiger partial charge on any atom is 0.181 e. The van der Waals surface area contributed by atoms with Crippen molar-refractivity contribution < 1.29 is 0 Å². The summed E-state index contributed by atoms with van der Waals surface area (Å²) in [5.41, 5.74) is 0.796. The third kappa shape index (κ3) is 1.49. The lowest BCUT2D eigenvalue weighted by molar-refractivity contribution is 1.46. The van der Waals surface area contributed by atoms with Crippen molar-refractivity contribution in [2.45, 2.75) is 0 Å². The van der Waals surface area contributed by atoms with Gasteiger partial charge >= 0.3 is 0 Å². The average Bonchev–Trinajstić information content (AvgIpc) is 1.94. The molecule has 1 N–H and O–H groups in total. The van der Waals surface area contributed by atoms with Gasteiger partial charge in [0.05, 0.1) is 5.69 Å². The van der Waals surface area contributed by atoms with Crippen LogP contribution in [0.25, 0.3) is 0 Å². The molecular weight excluding hydrogens is 192 g/mol. The van der Waals surface area contributed by atoms with Gasteiger partial charge in [-0.1, -0.05) is 12.1 Å². The smallest absolute Gasteiger partial charge is 0.181 e. The normalized spacial score (nSPS) is 8.40. The Labute approximate surface area is 67.6 Å². The summed E-state index contributed by atoms with van der Waals surface area (Å²) in [5.74, 6) is 0. The number of hydrogen-bond acceptors (Lipinski definition) is 2. The minimum Gasteiger partial charge on any atom is -0.292 e. The van der Waals surface area contributed by atoms with Crippen LogP contribution in [0.2, 0.25) is 0 Å². The topological polar surface area (TPSA) is 35.8 Å². The highest BCUT2D eigenvalue weighted by Gasteiger charge is 1.93. The fourth-order valence-corrected chi connectivity index (χ4v) is 1.01. The molecule has 0 aromatic heterocycles. The van der Waals surface area contributed by atoms with Gasteiger partial charge in [-0.2, -0.15) is 5.26 Å². The molecule has 3 heteroatoms. The van der Waals surface area contributed by atoms with Crippen molar-refractivity contribution in [2.75, 3.05) is 5.32 Å². The van der Waals surface area contributed by atoms with Crippen LogP contribution in [0.15, 0.2) is 28.7 Å². The number of nitriles is 1. The molecule has 0 fully saturated rings. The molecule has 1 aromatic carbocycles. The Bertz CT molecular complexity index is 265. The summed E-state index contributed by atoms with van der Waals surface area (Å²) in [6.07, 6.45) is 1.84. The Morgan fingerprint density at radius 1 is 1.40 bits per heavy atom. The van der Waals surface area contributed by atoms with E-state index in [-0.39, 0.29) is 0 Å². The number of halogens is 1. The third-order valence-electron chi connectivity index (χ3n) is 1.06. The molecule has 2 nitrogen and oxygen atoms in total. The molecule has 0 heterocycles. The molecular formula is C7H5BrN2. The van der Waals surface area contributed by atoms with Crippen molar-refractivity contribution in [3.63, 3.8) is 0 Å². The first kappa shape index (κ1) is 7.10. The van der Waals surface area contributed by atoms with Crippen LogP contribution in [-0.4, -0.2) is 0 Å². The summed E-state index contributed by atoms with van der Waals surface area (Å²) < 4.78 is 0.900. The van der Waals surface area contributed by atoms with E-state index in [4.69, 9.17) is 5.26 Å². The standard InChI is InChI=1S/C7H5BrN2/c8-6-3-1-2-4-7(6)10-5-9/h1-4,10H. The zero-order valence-electron chi connectivity index (χ0n) is 5.13. The van der Waals surface area contributed by atoms with Crippen LogP contribution in [0.4, 0.5) is 5.69 Å². The van der Waals surface area contributed by atoms with E-state index in [1.165, 1.54) is 0 Å². The van der Waals surface area contributed by atoms with Crippen LogP contribution < -0.4 is 5.32 Å². The molecule has 0 aliphatic carbocycles. The third-order valence-corrected chi connectivity index (χ3v) is 1.76. The summed E-state index contributed by atoms with van der Waals surface area (Å²) >= 11 is 3.28. The van der Waals surface area contributed by atoms with Crippen LogP contribution in [0.1, 0.15) is 0 Å². The van der Waals surface area contributed by atoms with Gasteiger partial charge in [0.2, 0.25) is 0 Å². The Balaban J connectivity index is 2.94. The summed E-state index contributed by atoms with van der Waals surface area (Å²) in [7, 11) is 0. The molecule has 0 aliphatic rings. The molecule has 50 valence electrons. The number of rotatable bonds is 1. The van der Waals surface area contributed by atoms with E-state index in [1.807, 2.05) is 30.5 Å². The molecule has 0 aliphatic heterocycles. The van der Waals surface area contributed by atoms with E-state index < -0.39 is 0 Å². The summed E-state index contributed by atoms with van der Waals surface area (Å²) in [6, 6.07) is 7.46. The molecule has 0 spiro atoms. The Hall–Kier alpha value is -1.01.